The zero-order valence-corrected chi connectivity index (χ0v) is 6.03. The van der Waals surface area contributed by atoms with E-state index in [2.05, 4.69) is 10.0 Å². The first-order chi connectivity index (χ1) is 4.84. The SMILES string of the molecule is C[C@H]1COCC[C@@H]1N=[N+]=[N-]. The van der Waals surface area contributed by atoms with Crippen molar-refractivity contribution >= 4 is 0 Å². The van der Waals surface area contributed by atoms with E-state index in [9.17, 15) is 0 Å². The molecule has 1 saturated heterocycles. The van der Waals surface area contributed by atoms with Crippen molar-refractivity contribution in [3.63, 3.8) is 0 Å². The second-order valence-electron chi connectivity index (χ2n) is 2.61. The van der Waals surface area contributed by atoms with Crippen LogP contribution < -0.4 is 0 Å². The first-order valence-corrected chi connectivity index (χ1v) is 3.46. The van der Waals surface area contributed by atoms with Gasteiger partial charge in [0.25, 0.3) is 0 Å². The summed E-state index contributed by atoms with van der Waals surface area (Å²) >= 11 is 0. The van der Waals surface area contributed by atoms with Gasteiger partial charge in [-0.3, -0.25) is 0 Å². The molecule has 0 aromatic rings. The Kier molecular flexibility index (Phi) is 2.54. The van der Waals surface area contributed by atoms with E-state index >= 15 is 0 Å². The van der Waals surface area contributed by atoms with Crippen LogP contribution in [0.5, 0.6) is 0 Å². The molecule has 4 nitrogen and oxygen atoms in total. The van der Waals surface area contributed by atoms with Gasteiger partial charge in [-0.2, -0.15) is 0 Å². The first-order valence-electron chi connectivity index (χ1n) is 3.46. The van der Waals surface area contributed by atoms with Crippen LogP contribution >= 0.6 is 0 Å². The number of nitrogens with zero attached hydrogens (tertiary/aromatic N) is 3. The van der Waals surface area contributed by atoms with Gasteiger partial charge >= 0.3 is 0 Å². The summed E-state index contributed by atoms with van der Waals surface area (Å²) in [4.78, 5) is 2.78. The predicted octanol–water partition coefficient (Wildman–Crippen LogP) is 1.72. The Balaban J connectivity index is 2.47. The second kappa shape index (κ2) is 3.44. The molecular formula is C6H11N3O. The molecule has 0 aromatic carbocycles. The summed E-state index contributed by atoms with van der Waals surface area (Å²) in [7, 11) is 0. The standard InChI is InChI=1S/C6H11N3O/c1-5-4-10-3-2-6(5)8-9-7/h5-6H,2-4H2,1H3/t5-,6-/m0/s1. The fourth-order valence-electron chi connectivity index (χ4n) is 1.11. The molecule has 0 radical (unpaired) electrons. The zero-order chi connectivity index (χ0) is 7.40. The highest BCUT2D eigenvalue weighted by Crippen LogP contribution is 2.16. The van der Waals surface area contributed by atoms with Crippen LogP contribution in [0.25, 0.3) is 10.4 Å². The Morgan fingerprint density at radius 1 is 1.70 bits per heavy atom. The van der Waals surface area contributed by atoms with E-state index in [0.717, 1.165) is 19.6 Å². The Bertz CT molecular complexity index is 153. The van der Waals surface area contributed by atoms with E-state index in [1.807, 2.05) is 6.92 Å². The molecule has 4 heteroatoms. The minimum Gasteiger partial charge on any atom is -0.381 e. The molecule has 0 saturated carbocycles. The highest BCUT2D eigenvalue weighted by atomic mass is 16.5. The minimum absolute atomic E-state index is 0.152. The van der Waals surface area contributed by atoms with Crippen LogP contribution in [-0.4, -0.2) is 19.3 Å². The molecule has 0 bridgehead atoms. The number of rotatable bonds is 1. The van der Waals surface area contributed by atoms with Gasteiger partial charge in [0.15, 0.2) is 0 Å². The molecule has 1 aliphatic heterocycles. The minimum atomic E-state index is 0.152. The lowest BCUT2D eigenvalue weighted by atomic mass is 9.99. The molecule has 0 spiro atoms. The number of ether oxygens (including phenoxy) is 1. The number of hydrogen-bond acceptors (Lipinski definition) is 2. The van der Waals surface area contributed by atoms with E-state index < -0.39 is 0 Å². The highest BCUT2D eigenvalue weighted by Gasteiger charge is 2.19. The molecular weight excluding hydrogens is 130 g/mol. The van der Waals surface area contributed by atoms with Crippen molar-refractivity contribution in [2.45, 2.75) is 19.4 Å². The van der Waals surface area contributed by atoms with Gasteiger partial charge in [0.2, 0.25) is 0 Å². The van der Waals surface area contributed by atoms with E-state index in [1.165, 1.54) is 0 Å². The van der Waals surface area contributed by atoms with Gasteiger partial charge in [0.05, 0.1) is 0 Å². The van der Waals surface area contributed by atoms with Crippen LogP contribution in [0.1, 0.15) is 13.3 Å². The largest absolute Gasteiger partial charge is 0.381 e. The maximum absolute atomic E-state index is 8.15. The molecule has 1 rings (SSSR count). The van der Waals surface area contributed by atoms with Crippen LogP contribution in [0.15, 0.2) is 5.11 Å². The van der Waals surface area contributed by atoms with Crippen molar-refractivity contribution in [1.29, 1.82) is 0 Å². The monoisotopic (exact) mass is 141 g/mol. The molecule has 56 valence electrons. The van der Waals surface area contributed by atoms with Gasteiger partial charge in [0.1, 0.15) is 0 Å². The third-order valence-electron chi connectivity index (χ3n) is 1.80. The van der Waals surface area contributed by atoms with Crippen LogP contribution in [0, 0.1) is 5.92 Å². The smallest absolute Gasteiger partial charge is 0.0495 e. The summed E-state index contributed by atoms with van der Waals surface area (Å²) in [6.45, 7) is 3.50. The van der Waals surface area contributed by atoms with Crippen molar-refractivity contribution in [3.8, 4) is 0 Å². The summed E-state index contributed by atoms with van der Waals surface area (Å²) in [5.41, 5.74) is 8.15. The topological polar surface area (TPSA) is 58.0 Å². The zero-order valence-electron chi connectivity index (χ0n) is 6.03. The molecule has 0 amide bonds. The predicted molar refractivity (Wildman–Crippen MR) is 37.5 cm³/mol. The van der Waals surface area contributed by atoms with Crippen molar-refractivity contribution in [2.24, 2.45) is 11.0 Å². The maximum atomic E-state index is 8.15. The molecule has 0 N–H and O–H groups in total. The average molecular weight is 141 g/mol. The van der Waals surface area contributed by atoms with E-state index in [1.54, 1.807) is 0 Å². The lowest BCUT2D eigenvalue weighted by Crippen LogP contribution is -2.27. The van der Waals surface area contributed by atoms with E-state index in [0.29, 0.717) is 5.92 Å². The lowest BCUT2D eigenvalue weighted by molar-refractivity contribution is 0.0492. The number of hydrogen-bond donors (Lipinski definition) is 0. The Morgan fingerprint density at radius 2 is 2.50 bits per heavy atom. The third kappa shape index (κ3) is 1.62. The van der Waals surface area contributed by atoms with Gasteiger partial charge in [-0.1, -0.05) is 12.0 Å². The highest BCUT2D eigenvalue weighted by molar-refractivity contribution is 4.76. The lowest BCUT2D eigenvalue weighted by Gasteiger charge is -2.24. The van der Waals surface area contributed by atoms with Crippen LogP contribution in [-0.2, 0) is 4.74 Å². The summed E-state index contributed by atoms with van der Waals surface area (Å²) in [5.74, 6) is 0.379. The van der Waals surface area contributed by atoms with Crippen molar-refractivity contribution in [1.82, 2.24) is 0 Å². The molecule has 1 aliphatic rings. The molecule has 0 aliphatic carbocycles. The summed E-state index contributed by atoms with van der Waals surface area (Å²) in [6.07, 6.45) is 0.866. The normalized spacial score (nSPS) is 32.9. The second-order valence-corrected chi connectivity index (χ2v) is 2.61. The van der Waals surface area contributed by atoms with Crippen molar-refractivity contribution in [2.75, 3.05) is 13.2 Å². The van der Waals surface area contributed by atoms with Crippen LogP contribution in [0.3, 0.4) is 0 Å². The van der Waals surface area contributed by atoms with Crippen LogP contribution in [0.2, 0.25) is 0 Å². The molecule has 2 atom stereocenters. The first kappa shape index (κ1) is 7.38. The van der Waals surface area contributed by atoms with Crippen molar-refractivity contribution in [3.05, 3.63) is 10.4 Å². The molecule has 0 aromatic heterocycles. The summed E-state index contributed by atoms with van der Waals surface area (Å²) < 4.78 is 5.17. The maximum Gasteiger partial charge on any atom is 0.0495 e. The van der Waals surface area contributed by atoms with Gasteiger partial charge in [-0.25, -0.2) is 0 Å². The molecule has 0 unspecified atom stereocenters. The van der Waals surface area contributed by atoms with Gasteiger partial charge in [-0.15, -0.1) is 0 Å². The molecule has 10 heavy (non-hydrogen) atoms. The summed E-state index contributed by atoms with van der Waals surface area (Å²) in [6, 6.07) is 0.152. The van der Waals surface area contributed by atoms with Gasteiger partial charge in [0, 0.05) is 24.2 Å². The fourth-order valence-corrected chi connectivity index (χ4v) is 1.11. The van der Waals surface area contributed by atoms with E-state index in [4.69, 9.17) is 10.3 Å². The average Bonchev–Trinajstić information content (AvgIpc) is 1.94. The fraction of sp³-hybridized carbons (Fsp3) is 1.00. The molecule has 1 fully saturated rings. The van der Waals surface area contributed by atoms with Gasteiger partial charge in [-0.05, 0) is 17.9 Å². The third-order valence-corrected chi connectivity index (χ3v) is 1.80. The Morgan fingerprint density at radius 3 is 3.10 bits per heavy atom. The van der Waals surface area contributed by atoms with Crippen LogP contribution in [0.4, 0.5) is 0 Å². The van der Waals surface area contributed by atoms with E-state index in [-0.39, 0.29) is 6.04 Å². The van der Waals surface area contributed by atoms with Gasteiger partial charge < -0.3 is 4.74 Å². The summed E-state index contributed by atoms with van der Waals surface area (Å²) in [5, 5.41) is 3.67. The Hall–Kier alpha value is -0.730. The van der Waals surface area contributed by atoms with Crippen molar-refractivity contribution < 1.29 is 4.74 Å². The quantitative estimate of drug-likeness (QED) is 0.311. The number of azide groups is 1. The Labute approximate surface area is 59.8 Å². The molecule has 1 heterocycles.